The van der Waals surface area contributed by atoms with Gasteiger partial charge < -0.3 is 14.6 Å². The third-order valence-corrected chi connectivity index (χ3v) is 1.39. The molecule has 3 heteroatoms. The Kier molecular flexibility index (Phi) is 7.16. The number of hydrogen-bond donors (Lipinski definition) is 1. The van der Waals surface area contributed by atoms with Crippen molar-refractivity contribution >= 4 is 0 Å². The van der Waals surface area contributed by atoms with Crippen LogP contribution in [0.4, 0.5) is 0 Å². The summed E-state index contributed by atoms with van der Waals surface area (Å²) in [6, 6.07) is 0. The van der Waals surface area contributed by atoms with Crippen LogP contribution in [0.2, 0.25) is 0 Å². The molecule has 82 valence electrons. The van der Waals surface area contributed by atoms with Crippen LogP contribution in [-0.2, 0) is 9.47 Å². The lowest BCUT2D eigenvalue weighted by molar-refractivity contribution is 0.00874. The summed E-state index contributed by atoms with van der Waals surface area (Å²) in [5, 5.41) is 9.16. The van der Waals surface area contributed by atoms with Crippen molar-refractivity contribution in [2.75, 3.05) is 13.9 Å². The van der Waals surface area contributed by atoms with Crippen molar-refractivity contribution in [2.45, 2.75) is 26.9 Å². The average molecular weight is 200 g/mol. The molecule has 0 aromatic heterocycles. The van der Waals surface area contributed by atoms with Crippen LogP contribution in [0.15, 0.2) is 24.0 Å². The molecule has 0 aliphatic carbocycles. The first kappa shape index (κ1) is 13.2. The van der Waals surface area contributed by atoms with Gasteiger partial charge in [-0.15, -0.1) is 0 Å². The topological polar surface area (TPSA) is 38.7 Å². The quantitative estimate of drug-likeness (QED) is 0.405. The number of aliphatic hydroxyl groups is 1. The van der Waals surface area contributed by atoms with Gasteiger partial charge in [-0.05, 0) is 25.0 Å². The Morgan fingerprint density at radius 3 is 2.43 bits per heavy atom. The fourth-order valence-corrected chi connectivity index (χ4v) is 0.804. The number of allylic oxidation sites excluding steroid dienone is 2. The first-order chi connectivity index (χ1) is 6.56. The van der Waals surface area contributed by atoms with Crippen LogP contribution >= 0.6 is 0 Å². The van der Waals surface area contributed by atoms with Gasteiger partial charge in [-0.3, -0.25) is 0 Å². The number of hydrogen-bond acceptors (Lipinski definition) is 3. The predicted octanol–water partition coefficient (Wildman–Crippen LogP) is 2.08. The minimum atomic E-state index is -0.515. The fraction of sp³-hybridized carbons (Fsp3) is 0.636. The second-order valence-corrected chi connectivity index (χ2v) is 3.46. The van der Waals surface area contributed by atoms with Gasteiger partial charge in [0.05, 0.1) is 6.10 Å². The van der Waals surface area contributed by atoms with E-state index in [9.17, 15) is 0 Å². The lowest BCUT2D eigenvalue weighted by Gasteiger charge is -2.07. The lowest BCUT2D eigenvalue weighted by Crippen LogP contribution is -2.00. The first-order valence-corrected chi connectivity index (χ1v) is 4.76. The van der Waals surface area contributed by atoms with E-state index in [4.69, 9.17) is 14.6 Å². The molecule has 0 aliphatic rings. The van der Waals surface area contributed by atoms with E-state index in [0.717, 1.165) is 0 Å². The third-order valence-electron chi connectivity index (χ3n) is 1.39. The summed E-state index contributed by atoms with van der Waals surface area (Å²) >= 11 is 0. The minimum absolute atomic E-state index is 0.195. The van der Waals surface area contributed by atoms with Crippen LogP contribution in [0.1, 0.15) is 20.8 Å². The molecule has 14 heavy (non-hydrogen) atoms. The first-order valence-electron chi connectivity index (χ1n) is 4.76. The Labute approximate surface area is 86.0 Å². The van der Waals surface area contributed by atoms with Crippen molar-refractivity contribution in [2.24, 2.45) is 5.92 Å². The molecule has 0 amide bonds. The van der Waals surface area contributed by atoms with Gasteiger partial charge in [0.1, 0.15) is 5.76 Å². The monoisotopic (exact) mass is 200 g/mol. The van der Waals surface area contributed by atoms with Crippen LogP contribution < -0.4 is 0 Å². The Morgan fingerprint density at radius 2 is 2.00 bits per heavy atom. The molecule has 0 heterocycles. The van der Waals surface area contributed by atoms with Crippen molar-refractivity contribution in [1.29, 1.82) is 0 Å². The molecule has 0 rings (SSSR count). The van der Waals surface area contributed by atoms with Gasteiger partial charge in [-0.2, -0.15) is 0 Å². The third kappa shape index (κ3) is 7.83. The molecule has 0 saturated carbocycles. The van der Waals surface area contributed by atoms with Gasteiger partial charge in [0.25, 0.3) is 0 Å². The van der Waals surface area contributed by atoms with E-state index in [-0.39, 0.29) is 6.79 Å². The molecule has 0 radical (unpaired) electrons. The standard InChI is InChI=1S/C11H20O3/c1-9(2)5-6-11(7-10(3)12)14-8-13-4/h5-7,9-10,12H,8H2,1-4H3/b6-5+,11-7-. The molecule has 0 spiro atoms. The van der Waals surface area contributed by atoms with E-state index in [0.29, 0.717) is 11.7 Å². The molecule has 0 aromatic rings. The van der Waals surface area contributed by atoms with Gasteiger partial charge >= 0.3 is 0 Å². The molecule has 1 N–H and O–H groups in total. The molecule has 0 aliphatic heterocycles. The highest BCUT2D eigenvalue weighted by Gasteiger charge is 1.97. The van der Waals surface area contributed by atoms with Crippen LogP contribution in [0.25, 0.3) is 0 Å². The van der Waals surface area contributed by atoms with Crippen molar-refractivity contribution < 1.29 is 14.6 Å². The van der Waals surface area contributed by atoms with E-state index >= 15 is 0 Å². The van der Waals surface area contributed by atoms with Crippen molar-refractivity contribution in [3.63, 3.8) is 0 Å². The molecule has 1 atom stereocenters. The maximum absolute atomic E-state index is 9.16. The van der Waals surface area contributed by atoms with Gasteiger partial charge in [-0.1, -0.05) is 19.9 Å². The highest BCUT2D eigenvalue weighted by molar-refractivity contribution is 5.13. The summed E-state index contributed by atoms with van der Waals surface area (Å²) in [6.45, 7) is 6.03. The highest BCUT2D eigenvalue weighted by Crippen LogP contribution is 2.05. The van der Waals surface area contributed by atoms with Crippen LogP contribution in [0, 0.1) is 5.92 Å². The normalized spacial score (nSPS) is 15.1. The zero-order valence-corrected chi connectivity index (χ0v) is 9.36. The van der Waals surface area contributed by atoms with Crippen molar-refractivity contribution in [1.82, 2.24) is 0 Å². The Balaban J connectivity index is 4.24. The number of rotatable bonds is 6. The Hall–Kier alpha value is -0.800. The lowest BCUT2D eigenvalue weighted by atomic mass is 10.2. The molecular formula is C11H20O3. The Morgan fingerprint density at radius 1 is 1.36 bits per heavy atom. The zero-order chi connectivity index (χ0) is 11.0. The fourth-order valence-electron chi connectivity index (χ4n) is 0.804. The van der Waals surface area contributed by atoms with Gasteiger partial charge in [0.2, 0.25) is 0 Å². The second kappa shape index (κ2) is 7.59. The van der Waals surface area contributed by atoms with Gasteiger partial charge in [-0.25, -0.2) is 0 Å². The maximum atomic E-state index is 9.16. The SMILES string of the molecule is COCOC(=C\C(C)O)/C=C/C(C)C. The van der Waals surface area contributed by atoms with E-state index in [1.165, 1.54) is 0 Å². The largest absolute Gasteiger partial charge is 0.468 e. The van der Waals surface area contributed by atoms with E-state index < -0.39 is 6.10 Å². The van der Waals surface area contributed by atoms with Crippen LogP contribution in [-0.4, -0.2) is 25.1 Å². The molecule has 0 bridgehead atoms. The summed E-state index contributed by atoms with van der Waals surface area (Å²) < 4.78 is 10.0. The minimum Gasteiger partial charge on any atom is -0.468 e. The molecule has 3 nitrogen and oxygen atoms in total. The van der Waals surface area contributed by atoms with Crippen molar-refractivity contribution in [3.05, 3.63) is 24.0 Å². The van der Waals surface area contributed by atoms with E-state index in [2.05, 4.69) is 13.8 Å². The second-order valence-electron chi connectivity index (χ2n) is 3.46. The van der Waals surface area contributed by atoms with E-state index in [1.807, 2.05) is 12.2 Å². The van der Waals surface area contributed by atoms with Gasteiger partial charge in [0.15, 0.2) is 6.79 Å². The van der Waals surface area contributed by atoms with Crippen LogP contribution in [0.3, 0.4) is 0 Å². The summed E-state index contributed by atoms with van der Waals surface area (Å²) in [7, 11) is 1.56. The Bertz CT molecular complexity index is 193. The van der Waals surface area contributed by atoms with E-state index in [1.54, 1.807) is 20.1 Å². The predicted molar refractivity (Wildman–Crippen MR) is 56.7 cm³/mol. The summed E-state index contributed by atoms with van der Waals surface area (Å²) in [5.74, 6) is 1.09. The number of aliphatic hydroxyl groups excluding tert-OH is 1. The smallest absolute Gasteiger partial charge is 0.188 e. The maximum Gasteiger partial charge on any atom is 0.188 e. The number of ether oxygens (including phenoxy) is 2. The molecule has 0 saturated heterocycles. The summed E-state index contributed by atoms with van der Waals surface area (Å²) in [4.78, 5) is 0. The molecular weight excluding hydrogens is 180 g/mol. The molecule has 1 unspecified atom stereocenters. The highest BCUT2D eigenvalue weighted by atomic mass is 16.7. The van der Waals surface area contributed by atoms with Crippen molar-refractivity contribution in [3.8, 4) is 0 Å². The summed E-state index contributed by atoms with van der Waals surface area (Å²) in [6.07, 6.45) is 4.97. The van der Waals surface area contributed by atoms with Gasteiger partial charge in [0, 0.05) is 7.11 Å². The average Bonchev–Trinajstić information content (AvgIpc) is 2.09. The molecule has 0 aromatic carbocycles. The molecule has 0 fully saturated rings. The number of methoxy groups -OCH3 is 1. The van der Waals surface area contributed by atoms with Crippen LogP contribution in [0.5, 0.6) is 0 Å². The summed E-state index contributed by atoms with van der Waals surface area (Å²) in [5.41, 5.74) is 0. The zero-order valence-electron chi connectivity index (χ0n) is 9.36.